The number of aromatic nitrogens is 1. The standard InChI is InChI=1S/C13H19ClN4O2/c14-11-9-17-12(15)8-10(11)13(19)16-2-1-3-18-4-6-20-7-5-18/h8-9H,1-7H2,(H2,15,17)(H,16,19). The zero-order chi connectivity index (χ0) is 14.4. The third kappa shape index (κ3) is 4.33. The molecule has 0 unspecified atom stereocenters. The number of morpholine rings is 1. The van der Waals surface area contributed by atoms with Gasteiger partial charge in [-0.25, -0.2) is 4.98 Å². The largest absolute Gasteiger partial charge is 0.384 e. The molecule has 6 nitrogen and oxygen atoms in total. The molecule has 2 heterocycles. The molecule has 0 spiro atoms. The van der Waals surface area contributed by atoms with Crippen LogP contribution in [0.1, 0.15) is 16.8 Å². The van der Waals surface area contributed by atoms with Gasteiger partial charge in [-0.1, -0.05) is 11.6 Å². The summed E-state index contributed by atoms with van der Waals surface area (Å²) < 4.78 is 5.28. The van der Waals surface area contributed by atoms with Crippen molar-refractivity contribution in [2.75, 3.05) is 45.1 Å². The van der Waals surface area contributed by atoms with Gasteiger partial charge in [0.25, 0.3) is 5.91 Å². The number of nitrogens with one attached hydrogen (secondary N) is 1. The molecule has 7 heteroatoms. The van der Waals surface area contributed by atoms with E-state index in [9.17, 15) is 4.79 Å². The lowest BCUT2D eigenvalue weighted by molar-refractivity contribution is 0.0374. The second-order valence-electron chi connectivity index (χ2n) is 4.65. The van der Waals surface area contributed by atoms with Gasteiger partial charge in [0.2, 0.25) is 0 Å². The highest BCUT2D eigenvalue weighted by molar-refractivity contribution is 6.33. The van der Waals surface area contributed by atoms with Crippen molar-refractivity contribution < 1.29 is 9.53 Å². The van der Waals surface area contributed by atoms with Gasteiger partial charge < -0.3 is 15.8 Å². The number of carbonyl (C=O) groups excluding carboxylic acids is 1. The van der Waals surface area contributed by atoms with Crippen molar-refractivity contribution in [3.8, 4) is 0 Å². The zero-order valence-corrected chi connectivity index (χ0v) is 12.0. The average molecular weight is 299 g/mol. The van der Waals surface area contributed by atoms with Crippen LogP contribution in [-0.2, 0) is 4.74 Å². The quantitative estimate of drug-likeness (QED) is 0.785. The smallest absolute Gasteiger partial charge is 0.252 e. The van der Waals surface area contributed by atoms with E-state index in [-0.39, 0.29) is 11.7 Å². The number of halogens is 1. The molecular weight excluding hydrogens is 280 g/mol. The number of nitrogen functional groups attached to an aromatic ring is 1. The minimum Gasteiger partial charge on any atom is -0.384 e. The number of amides is 1. The van der Waals surface area contributed by atoms with Crippen LogP contribution in [0.3, 0.4) is 0 Å². The predicted octanol–water partition coefficient (Wildman–Crippen LogP) is 0.769. The lowest BCUT2D eigenvalue weighted by Gasteiger charge is -2.26. The molecule has 1 fully saturated rings. The predicted molar refractivity (Wildman–Crippen MR) is 77.9 cm³/mol. The van der Waals surface area contributed by atoms with Crippen molar-refractivity contribution >= 4 is 23.3 Å². The van der Waals surface area contributed by atoms with Gasteiger partial charge in [0.1, 0.15) is 5.82 Å². The molecule has 0 aliphatic carbocycles. The Hall–Kier alpha value is -1.37. The number of anilines is 1. The van der Waals surface area contributed by atoms with Crippen LogP contribution in [-0.4, -0.2) is 55.2 Å². The number of pyridine rings is 1. The second kappa shape index (κ2) is 7.42. The third-order valence-corrected chi connectivity index (χ3v) is 3.46. The van der Waals surface area contributed by atoms with E-state index in [2.05, 4.69) is 15.2 Å². The van der Waals surface area contributed by atoms with Gasteiger partial charge in [0.05, 0.1) is 23.8 Å². The van der Waals surface area contributed by atoms with Crippen molar-refractivity contribution in [2.45, 2.75) is 6.42 Å². The third-order valence-electron chi connectivity index (χ3n) is 3.16. The summed E-state index contributed by atoms with van der Waals surface area (Å²) in [7, 11) is 0. The molecule has 0 bridgehead atoms. The number of ether oxygens (including phenoxy) is 1. The van der Waals surface area contributed by atoms with Gasteiger partial charge in [-0.2, -0.15) is 0 Å². The number of hydrogen-bond acceptors (Lipinski definition) is 5. The van der Waals surface area contributed by atoms with Gasteiger partial charge >= 0.3 is 0 Å². The summed E-state index contributed by atoms with van der Waals surface area (Å²) in [6.45, 7) is 5.06. The monoisotopic (exact) mass is 298 g/mol. The van der Waals surface area contributed by atoms with E-state index in [0.717, 1.165) is 39.3 Å². The van der Waals surface area contributed by atoms with Crippen LogP contribution in [0, 0.1) is 0 Å². The molecule has 0 atom stereocenters. The Morgan fingerprint density at radius 1 is 1.50 bits per heavy atom. The average Bonchev–Trinajstić information content (AvgIpc) is 2.47. The minimum absolute atomic E-state index is 0.217. The molecule has 1 aliphatic heterocycles. The van der Waals surface area contributed by atoms with E-state index in [1.165, 1.54) is 12.3 Å². The van der Waals surface area contributed by atoms with Gasteiger partial charge in [-0.3, -0.25) is 9.69 Å². The summed E-state index contributed by atoms with van der Waals surface area (Å²) in [5.74, 6) is 0.0685. The molecule has 1 aromatic rings. The van der Waals surface area contributed by atoms with Crippen LogP contribution >= 0.6 is 11.6 Å². The van der Waals surface area contributed by atoms with Crippen molar-refractivity contribution in [2.24, 2.45) is 0 Å². The fourth-order valence-electron chi connectivity index (χ4n) is 2.05. The molecule has 1 aliphatic rings. The summed E-state index contributed by atoms with van der Waals surface area (Å²) in [5.41, 5.74) is 5.92. The maximum atomic E-state index is 12.0. The molecule has 1 aromatic heterocycles. The fourth-order valence-corrected chi connectivity index (χ4v) is 2.24. The lowest BCUT2D eigenvalue weighted by Crippen LogP contribution is -2.38. The SMILES string of the molecule is Nc1cc(C(=O)NCCCN2CCOCC2)c(Cl)cn1. The first-order chi connectivity index (χ1) is 9.66. The van der Waals surface area contributed by atoms with Crippen LogP contribution in [0.5, 0.6) is 0 Å². The summed E-state index contributed by atoms with van der Waals surface area (Å²) in [4.78, 5) is 18.1. The van der Waals surface area contributed by atoms with Gasteiger partial charge in [0, 0.05) is 25.8 Å². The number of rotatable bonds is 5. The normalized spacial score (nSPS) is 16.1. The first kappa shape index (κ1) is 15.0. The molecule has 0 radical (unpaired) electrons. The van der Waals surface area contributed by atoms with Gasteiger partial charge in [-0.05, 0) is 19.0 Å². The Bertz CT molecular complexity index is 464. The molecular formula is C13H19ClN4O2. The van der Waals surface area contributed by atoms with Crippen molar-refractivity contribution in [1.82, 2.24) is 15.2 Å². The molecule has 1 amide bonds. The Morgan fingerprint density at radius 2 is 2.25 bits per heavy atom. The minimum atomic E-state index is -0.217. The first-order valence-electron chi connectivity index (χ1n) is 6.66. The highest BCUT2D eigenvalue weighted by Gasteiger charge is 2.12. The number of hydrogen-bond donors (Lipinski definition) is 2. The Morgan fingerprint density at radius 3 is 3.00 bits per heavy atom. The molecule has 0 saturated carbocycles. The number of carbonyl (C=O) groups is 1. The van der Waals surface area contributed by atoms with E-state index in [4.69, 9.17) is 22.1 Å². The summed E-state index contributed by atoms with van der Waals surface area (Å²) in [6, 6.07) is 1.49. The number of nitrogens with zero attached hydrogens (tertiary/aromatic N) is 2. The maximum Gasteiger partial charge on any atom is 0.252 e. The van der Waals surface area contributed by atoms with Crippen LogP contribution in [0.4, 0.5) is 5.82 Å². The topological polar surface area (TPSA) is 80.5 Å². The highest BCUT2D eigenvalue weighted by Crippen LogP contribution is 2.16. The summed E-state index contributed by atoms with van der Waals surface area (Å²) >= 11 is 5.92. The summed E-state index contributed by atoms with van der Waals surface area (Å²) in [5, 5.41) is 3.15. The van der Waals surface area contributed by atoms with Gasteiger partial charge in [-0.15, -0.1) is 0 Å². The van der Waals surface area contributed by atoms with E-state index in [1.54, 1.807) is 0 Å². The maximum absolute atomic E-state index is 12.0. The van der Waals surface area contributed by atoms with Gasteiger partial charge in [0.15, 0.2) is 0 Å². The summed E-state index contributed by atoms with van der Waals surface area (Å²) in [6.07, 6.45) is 2.28. The van der Waals surface area contributed by atoms with Crippen LogP contribution in [0.25, 0.3) is 0 Å². The molecule has 3 N–H and O–H groups in total. The van der Waals surface area contributed by atoms with Crippen LogP contribution in [0.15, 0.2) is 12.3 Å². The second-order valence-corrected chi connectivity index (χ2v) is 5.06. The van der Waals surface area contributed by atoms with Crippen molar-refractivity contribution in [3.05, 3.63) is 22.8 Å². The first-order valence-corrected chi connectivity index (χ1v) is 7.04. The van der Waals surface area contributed by atoms with E-state index < -0.39 is 0 Å². The fraction of sp³-hybridized carbons (Fsp3) is 0.538. The lowest BCUT2D eigenvalue weighted by atomic mass is 10.2. The molecule has 1 saturated heterocycles. The Balaban J connectivity index is 1.73. The van der Waals surface area contributed by atoms with E-state index in [1.807, 2.05) is 0 Å². The number of nitrogens with two attached hydrogens (primary N) is 1. The van der Waals surface area contributed by atoms with Crippen molar-refractivity contribution in [3.63, 3.8) is 0 Å². The highest BCUT2D eigenvalue weighted by atomic mass is 35.5. The Kier molecular flexibility index (Phi) is 5.58. The molecule has 110 valence electrons. The van der Waals surface area contributed by atoms with E-state index in [0.29, 0.717) is 17.1 Å². The van der Waals surface area contributed by atoms with Crippen molar-refractivity contribution in [1.29, 1.82) is 0 Å². The van der Waals surface area contributed by atoms with E-state index >= 15 is 0 Å². The zero-order valence-electron chi connectivity index (χ0n) is 11.3. The molecule has 20 heavy (non-hydrogen) atoms. The molecule has 2 rings (SSSR count). The molecule has 0 aromatic carbocycles. The van der Waals surface area contributed by atoms with Crippen LogP contribution in [0.2, 0.25) is 5.02 Å². The van der Waals surface area contributed by atoms with Crippen LogP contribution < -0.4 is 11.1 Å². The Labute approximate surface area is 123 Å².